The van der Waals surface area contributed by atoms with Gasteiger partial charge in [0.1, 0.15) is 5.82 Å². The van der Waals surface area contributed by atoms with Crippen molar-refractivity contribution in [1.29, 1.82) is 0 Å². The van der Waals surface area contributed by atoms with Crippen molar-refractivity contribution in [3.8, 4) is 17.4 Å². The lowest BCUT2D eigenvalue weighted by Gasteiger charge is -2.17. The van der Waals surface area contributed by atoms with Crippen molar-refractivity contribution in [2.24, 2.45) is 7.05 Å². The highest BCUT2D eigenvalue weighted by Gasteiger charge is 2.22. The lowest BCUT2D eigenvalue weighted by Crippen LogP contribution is -2.14. The molecule has 0 amide bonds. The molecule has 0 fully saturated rings. The number of pyridine rings is 1. The number of carbonyl (C=O) groups is 1. The maximum Gasteiger partial charge on any atom is 0.303 e. The van der Waals surface area contributed by atoms with E-state index in [4.69, 9.17) is 19.2 Å². The van der Waals surface area contributed by atoms with Gasteiger partial charge in [-0.05, 0) is 48.6 Å². The monoisotopic (exact) mass is 464 g/mol. The second-order valence-electron chi connectivity index (χ2n) is 8.65. The van der Waals surface area contributed by atoms with E-state index >= 15 is 0 Å². The van der Waals surface area contributed by atoms with Gasteiger partial charge in [-0.2, -0.15) is 5.10 Å². The first-order valence-electron chi connectivity index (χ1n) is 11.5. The Kier molecular flexibility index (Phi) is 6.24. The first-order chi connectivity index (χ1) is 16.5. The van der Waals surface area contributed by atoms with Crippen LogP contribution in [0.5, 0.6) is 17.4 Å². The zero-order valence-electron chi connectivity index (χ0n) is 19.1. The normalized spacial score (nSPS) is 14.9. The van der Waals surface area contributed by atoms with Crippen molar-refractivity contribution in [2.75, 3.05) is 25.3 Å². The molecular weight excluding hydrogens is 436 g/mol. The first kappa shape index (κ1) is 22.1. The molecule has 0 radical (unpaired) electrons. The summed E-state index contributed by atoms with van der Waals surface area (Å²) >= 11 is 0. The van der Waals surface area contributed by atoms with E-state index in [1.54, 1.807) is 4.68 Å². The van der Waals surface area contributed by atoms with E-state index < -0.39 is 5.97 Å². The van der Waals surface area contributed by atoms with Crippen LogP contribution < -0.4 is 19.5 Å². The van der Waals surface area contributed by atoms with Crippen LogP contribution in [0.1, 0.15) is 41.3 Å². The number of ether oxygens (including phenoxy) is 3. The number of benzene rings is 1. The predicted molar refractivity (Wildman–Crippen MR) is 125 cm³/mol. The Morgan fingerprint density at radius 1 is 1.21 bits per heavy atom. The number of aliphatic carboxylic acids is 1. The van der Waals surface area contributed by atoms with Crippen molar-refractivity contribution >= 4 is 11.8 Å². The Balaban J connectivity index is 1.23. The molecule has 178 valence electrons. The van der Waals surface area contributed by atoms with Crippen LogP contribution in [0.2, 0.25) is 0 Å². The van der Waals surface area contributed by atoms with Crippen LogP contribution in [-0.4, -0.2) is 45.8 Å². The molecule has 2 N–H and O–H groups in total. The number of carboxylic acids is 1. The molecule has 4 heterocycles. The molecule has 9 nitrogen and oxygen atoms in total. The Morgan fingerprint density at radius 3 is 2.97 bits per heavy atom. The fraction of sp³-hybridized carbons (Fsp3) is 0.400. The minimum absolute atomic E-state index is 0.00948. The Morgan fingerprint density at radius 2 is 2.09 bits per heavy atom. The molecule has 1 unspecified atom stereocenters. The smallest absolute Gasteiger partial charge is 0.303 e. The van der Waals surface area contributed by atoms with E-state index in [9.17, 15) is 9.90 Å². The molecule has 1 aromatic carbocycles. The summed E-state index contributed by atoms with van der Waals surface area (Å²) in [6.07, 6.45) is 3.36. The van der Waals surface area contributed by atoms with E-state index in [1.165, 1.54) is 5.56 Å². The molecule has 2 aromatic heterocycles. The van der Waals surface area contributed by atoms with E-state index in [-0.39, 0.29) is 19.1 Å². The number of carboxylic acid groups (broad SMARTS) is 1. The summed E-state index contributed by atoms with van der Waals surface area (Å²) in [6.45, 7) is 1.62. The van der Waals surface area contributed by atoms with Crippen LogP contribution in [-0.2, 0) is 31.1 Å². The van der Waals surface area contributed by atoms with Gasteiger partial charge in [-0.1, -0.05) is 12.1 Å². The highest BCUT2D eigenvalue weighted by molar-refractivity contribution is 5.68. The number of hydrogen-bond donors (Lipinski definition) is 2. The summed E-state index contributed by atoms with van der Waals surface area (Å²) in [5.41, 5.74) is 3.91. The molecule has 3 aromatic rings. The van der Waals surface area contributed by atoms with Crippen molar-refractivity contribution < 1.29 is 24.1 Å². The minimum atomic E-state index is -0.859. The number of nitrogens with zero attached hydrogens (tertiary/aromatic N) is 3. The number of anilines is 1. The van der Waals surface area contributed by atoms with Crippen molar-refractivity contribution in [3.63, 3.8) is 0 Å². The van der Waals surface area contributed by atoms with Gasteiger partial charge in [0.25, 0.3) is 0 Å². The number of fused-ring (bicyclic) bond motifs is 2. The molecule has 34 heavy (non-hydrogen) atoms. The summed E-state index contributed by atoms with van der Waals surface area (Å²) in [7, 11) is 1.83. The van der Waals surface area contributed by atoms with Gasteiger partial charge in [0.15, 0.2) is 11.5 Å². The maximum atomic E-state index is 11.5. The lowest BCUT2D eigenvalue weighted by molar-refractivity contribution is -0.137. The van der Waals surface area contributed by atoms with Crippen molar-refractivity contribution in [3.05, 3.63) is 58.9 Å². The van der Waals surface area contributed by atoms with Gasteiger partial charge < -0.3 is 24.6 Å². The number of aromatic nitrogens is 3. The number of hydrogen-bond acceptors (Lipinski definition) is 7. The number of nitrogens with one attached hydrogen (secondary N) is 1. The first-order valence-corrected chi connectivity index (χ1v) is 11.5. The van der Waals surface area contributed by atoms with E-state index in [1.807, 2.05) is 31.3 Å². The van der Waals surface area contributed by atoms with E-state index in [0.29, 0.717) is 36.8 Å². The number of aryl methyl sites for hydroxylation is 2. The molecule has 5 rings (SSSR count). The quantitative estimate of drug-likeness (QED) is 0.497. The second kappa shape index (κ2) is 9.62. The molecule has 1 atom stereocenters. The standard InChI is InChI=1S/C25H28N4O5/c1-29-23(32-10-8-19-6-4-16-3-2-9-26-25(16)27-19)14-20(28-29)11-18(13-24(30)31)17-5-7-21-22(12-17)34-15-33-21/h4-7,12,14,18H,2-3,8-11,13,15H2,1H3,(H,26,27)(H,30,31). The minimum Gasteiger partial charge on any atom is -0.481 e. The van der Waals surface area contributed by atoms with Gasteiger partial charge in [-0.3, -0.25) is 4.79 Å². The molecule has 0 aliphatic carbocycles. The molecule has 0 spiro atoms. The van der Waals surface area contributed by atoms with Crippen LogP contribution in [0.3, 0.4) is 0 Å². The summed E-state index contributed by atoms with van der Waals surface area (Å²) in [5.74, 6) is 1.84. The summed E-state index contributed by atoms with van der Waals surface area (Å²) < 4.78 is 18.5. The second-order valence-corrected chi connectivity index (χ2v) is 8.65. The molecular formula is C25H28N4O5. The average Bonchev–Trinajstić information content (AvgIpc) is 3.44. The summed E-state index contributed by atoms with van der Waals surface area (Å²) in [4.78, 5) is 16.2. The van der Waals surface area contributed by atoms with Crippen molar-refractivity contribution in [2.45, 2.75) is 38.0 Å². The molecule has 0 saturated carbocycles. The zero-order chi connectivity index (χ0) is 23.5. The Labute approximate surface area is 197 Å². The number of rotatable bonds is 9. The maximum absolute atomic E-state index is 11.5. The van der Waals surface area contributed by atoms with Gasteiger partial charge >= 0.3 is 5.97 Å². The summed E-state index contributed by atoms with van der Waals surface area (Å²) in [5, 5.41) is 17.4. The third-order valence-corrected chi connectivity index (χ3v) is 6.19. The van der Waals surface area contributed by atoms with Gasteiger partial charge in [-0.15, -0.1) is 0 Å². The highest BCUT2D eigenvalue weighted by atomic mass is 16.7. The largest absolute Gasteiger partial charge is 0.481 e. The van der Waals surface area contributed by atoms with Crippen LogP contribution >= 0.6 is 0 Å². The van der Waals surface area contributed by atoms with Crippen LogP contribution in [0.15, 0.2) is 36.4 Å². The van der Waals surface area contributed by atoms with Gasteiger partial charge in [-0.25, -0.2) is 9.67 Å². The van der Waals surface area contributed by atoms with E-state index in [2.05, 4.69) is 22.5 Å². The Hall–Kier alpha value is -3.75. The van der Waals surface area contributed by atoms with Crippen LogP contribution in [0.25, 0.3) is 0 Å². The zero-order valence-corrected chi connectivity index (χ0v) is 19.1. The van der Waals surface area contributed by atoms with Crippen LogP contribution in [0, 0.1) is 0 Å². The topological polar surface area (TPSA) is 108 Å². The predicted octanol–water partition coefficient (Wildman–Crippen LogP) is 3.32. The SMILES string of the molecule is Cn1nc(CC(CC(=O)O)c2ccc3c(c2)OCO3)cc1OCCc1ccc2c(n1)NCCC2. The molecule has 0 saturated heterocycles. The lowest BCUT2D eigenvalue weighted by atomic mass is 9.91. The Bertz CT molecular complexity index is 1190. The van der Waals surface area contributed by atoms with Gasteiger partial charge in [0.05, 0.1) is 18.7 Å². The third-order valence-electron chi connectivity index (χ3n) is 6.19. The van der Waals surface area contributed by atoms with Gasteiger partial charge in [0, 0.05) is 37.7 Å². The molecule has 0 bridgehead atoms. The molecule has 9 heteroatoms. The van der Waals surface area contributed by atoms with Crippen molar-refractivity contribution in [1.82, 2.24) is 14.8 Å². The molecule has 2 aliphatic heterocycles. The summed E-state index contributed by atoms with van der Waals surface area (Å²) in [6, 6.07) is 11.7. The van der Waals surface area contributed by atoms with Gasteiger partial charge in [0.2, 0.25) is 12.7 Å². The van der Waals surface area contributed by atoms with Crippen LogP contribution in [0.4, 0.5) is 5.82 Å². The average molecular weight is 465 g/mol. The molecule has 2 aliphatic rings. The third kappa shape index (κ3) is 4.93. The fourth-order valence-electron chi connectivity index (χ4n) is 4.45. The van der Waals surface area contributed by atoms with E-state index in [0.717, 1.165) is 42.2 Å². The fourth-order valence-corrected chi connectivity index (χ4v) is 4.45. The highest BCUT2D eigenvalue weighted by Crippen LogP contribution is 2.36.